The van der Waals surface area contributed by atoms with Gasteiger partial charge in [0.2, 0.25) is 5.91 Å². The van der Waals surface area contributed by atoms with Gasteiger partial charge in [-0.1, -0.05) is 18.2 Å². The van der Waals surface area contributed by atoms with Crippen molar-refractivity contribution >= 4 is 5.91 Å². The molecule has 3 N–H and O–H groups in total. The zero-order valence-corrected chi connectivity index (χ0v) is 14.3. The molecule has 1 aromatic heterocycles. The third-order valence-corrected chi connectivity index (χ3v) is 4.47. The van der Waals surface area contributed by atoms with Crippen LogP contribution < -0.4 is 11.1 Å². The lowest BCUT2D eigenvalue weighted by atomic mass is 10.1. The topological polar surface area (TPSA) is 76.2 Å². The van der Waals surface area contributed by atoms with Gasteiger partial charge in [0.1, 0.15) is 0 Å². The van der Waals surface area contributed by atoms with Crippen LogP contribution in [0.1, 0.15) is 24.5 Å². The SMILES string of the molecule is CCNC(=O)[C@@H]1C[C@H](N)CN1Cc1cnn(-c2ccccc2C)c1. The average Bonchev–Trinajstić information content (AvgIpc) is 3.15. The van der Waals surface area contributed by atoms with Gasteiger partial charge in [0, 0.05) is 37.4 Å². The highest BCUT2D eigenvalue weighted by Gasteiger charge is 2.34. The Morgan fingerprint density at radius 2 is 2.21 bits per heavy atom. The number of carbonyl (C=O) groups is 1. The monoisotopic (exact) mass is 327 g/mol. The van der Waals surface area contributed by atoms with Crippen LogP contribution in [0.2, 0.25) is 0 Å². The van der Waals surface area contributed by atoms with Crippen LogP contribution in [0.3, 0.4) is 0 Å². The molecule has 24 heavy (non-hydrogen) atoms. The Bertz CT molecular complexity index is 711. The number of hydrogen-bond donors (Lipinski definition) is 2. The van der Waals surface area contributed by atoms with Gasteiger partial charge in [-0.15, -0.1) is 0 Å². The van der Waals surface area contributed by atoms with Gasteiger partial charge in [0.25, 0.3) is 0 Å². The van der Waals surface area contributed by atoms with Crippen LogP contribution >= 0.6 is 0 Å². The lowest BCUT2D eigenvalue weighted by molar-refractivity contribution is -0.125. The normalized spacial score (nSPS) is 21.1. The maximum absolute atomic E-state index is 12.2. The van der Waals surface area contributed by atoms with Gasteiger partial charge in [-0.3, -0.25) is 9.69 Å². The minimum absolute atomic E-state index is 0.0454. The molecule has 2 atom stereocenters. The molecule has 0 unspecified atom stereocenters. The number of nitrogens with zero attached hydrogens (tertiary/aromatic N) is 3. The summed E-state index contributed by atoms with van der Waals surface area (Å²) in [5.41, 5.74) is 9.41. The lowest BCUT2D eigenvalue weighted by Gasteiger charge is -2.22. The van der Waals surface area contributed by atoms with Gasteiger partial charge >= 0.3 is 0 Å². The molecule has 2 aromatic rings. The maximum Gasteiger partial charge on any atom is 0.237 e. The second kappa shape index (κ2) is 7.15. The molecule has 2 heterocycles. The molecule has 1 fully saturated rings. The summed E-state index contributed by atoms with van der Waals surface area (Å²) in [4.78, 5) is 14.4. The van der Waals surface area contributed by atoms with Crippen molar-refractivity contribution in [2.75, 3.05) is 13.1 Å². The smallest absolute Gasteiger partial charge is 0.237 e. The van der Waals surface area contributed by atoms with E-state index in [4.69, 9.17) is 5.73 Å². The van der Waals surface area contributed by atoms with E-state index < -0.39 is 0 Å². The van der Waals surface area contributed by atoms with E-state index in [-0.39, 0.29) is 18.0 Å². The first-order valence-electron chi connectivity index (χ1n) is 8.45. The Morgan fingerprint density at radius 1 is 1.42 bits per heavy atom. The van der Waals surface area contributed by atoms with E-state index in [1.165, 1.54) is 5.56 Å². The van der Waals surface area contributed by atoms with Crippen molar-refractivity contribution in [1.82, 2.24) is 20.0 Å². The van der Waals surface area contributed by atoms with Crippen molar-refractivity contribution in [1.29, 1.82) is 0 Å². The molecule has 3 rings (SSSR count). The van der Waals surface area contributed by atoms with Gasteiger partial charge in [-0.2, -0.15) is 5.10 Å². The van der Waals surface area contributed by atoms with Crippen molar-refractivity contribution < 1.29 is 4.79 Å². The Labute approximate surface area is 142 Å². The predicted octanol–water partition coefficient (Wildman–Crippen LogP) is 1.22. The van der Waals surface area contributed by atoms with Gasteiger partial charge in [-0.25, -0.2) is 4.68 Å². The molecule has 1 aromatic carbocycles. The summed E-state index contributed by atoms with van der Waals surface area (Å²) in [6.07, 6.45) is 4.60. The minimum atomic E-state index is -0.151. The number of amides is 1. The first-order chi connectivity index (χ1) is 11.6. The molecule has 0 aliphatic carbocycles. The number of carbonyl (C=O) groups excluding carboxylic acids is 1. The number of nitrogens with two attached hydrogens (primary N) is 1. The zero-order chi connectivity index (χ0) is 17.1. The average molecular weight is 327 g/mol. The standard InChI is InChI=1S/C18H25N5O/c1-3-20-18(24)17-8-15(19)12-22(17)10-14-9-21-23(11-14)16-7-5-4-6-13(16)2/h4-7,9,11,15,17H,3,8,10,12,19H2,1-2H3,(H,20,24)/t15-,17-/m0/s1. The van der Waals surface area contributed by atoms with Crippen LogP contribution in [0.5, 0.6) is 0 Å². The van der Waals surface area contributed by atoms with Crippen LogP contribution in [0.4, 0.5) is 0 Å². The Hall–Kier alpha value is -2.18. The largest absolute Gasteiger partial charge is 0.355 e. The third kappa shape index (κ3) is 3.49. The highest BCUT2D eigenvalue weighted by molar-refractivity contribution is 5.82. The van der Waals surface area contributed by atoms with Crippen molar-refractivity contribution in [3.8, 4) is 5.69 Å². The fourth-order valence-corrected chi connectivity index (χ4v) is 3.31. The van der Waals surface area contributed by atoms with Crippen LogP contribution in [0.25, 0.3) is 5.69 Å². The number of para-hydroxylation sites is 1. The molecule has 1 saturated heterocycles. The van der Waals surface area contributed by atoms with E-state index in [0.29, 0.717) is 19.5 Å². The van der Waals surface area contributed by atoms with Crippen LogP contribution in [0, 0.1) is 6.92 Å². The Kier molecular flexibility index (Phi) is 4.97. The predicted molar refractivity (Wildman–Crippen MR) is 93.8 cm³/mol. The summed E-state index contributed by atoms with van der Waals surface area (Å²) in [7, 11) is 0. The summed E-state index contributed by atoms with van der Waals surface area (Å²) in [5, 5.41) is 7.38. The Morgan fingerprint density at radius 3 is 2.96 bits per heavy atom. The number of likely N-dealkylation sites (tertiary alicyclic amines) is 1. The highest BCUT2D eigenvalue weighted by Crippen LogP contribution is 2.21. The molecule has 6 nitrogen and oxygen atoms in total. The van der Waals surface area contributed by atoms with Crippen molar-refractivity contribution in [3.63, 3.8) is 0 Å². The number of aryl methyl sites for hydroxylation is 1. The van der Waals surface area contributed by atoms with E-state index in [0.717, 1.165) is 17.8 Å². The number of rotatable bonds is 5. The molecule has 1 aliphatic rings. The van der Waals surface area contributed by atoms with Crippen molar-refractivity contribution in [2.24, 2.45) is 5.73 Å². The number of benzene rings is 1. The molecule has 0 bridgehead atoms. The van der Waals surface area contributed by atoms with Crippen LogP contribution in [-0.2, 0) is 11.3 Å². The fraction of sp³-hybridized carbons (Fsp3) is 0.444. The van der Waals surface area contributed by atoms with Gasteiger partial charge in [0.05, 0.1) is 17.9 Å². The molecule has 128 valence electrons. The molecule has 1 aliphatic heterocycles. The molecule has 0 spiro atoms. The molecule has 6 heteroatoms. The van der Waals surface area contributed by atoms with E-state index in [1.54, 1.807) is 0 Å². The Balaban J connectivity index is 1.74. The molecule has 0 radical (unpaired) electrons. The van der Waals surface area contributed by atoms with Gasteiger partial charge in [-0.05, 0) is 31.9 Å². The number of nitrogens with one attached hydrogen (secondary N) is 1. The number of hydrogen-bond acceptors (Lipinski definition) is 4. The van der Waals surface area contributed by atoms with E-state index in [2.05, 4.69) is 34.4 Å². The van der Waals surface area contributed by atoms with Crippen LogP contribution in [-0.4, -0.2) is 45.8 Å². The third-order valence-electron chi connectivity index (χ3n) is 4.47. The first-order valence-corrected chi connectivity index (χ1v) is 8.45. The van der Waals surface area contributed by atoms with Crippen molar-refractivity contribution in [2.45, 2.75) is 38.9 Å². The van der Waals surface area contributed by atoms with E-state index in [9.17, 15) is 4.79 Å². The molecule has 1 amide bonds. The lowest BCUT2D eigenvalue weighted by Crippen LogP contribution is -2.42. The summed E-state index contributed by atoms with van der Waals surface area (Å²) in [6.45, 7) is 6.06. The van der Waals surface area contributed by atoms with Crippen LogP contribution in [0.15, 0.2) is 36.7 Å². The summed E-state index contributed by atoms with van der Waals surface area (Å²) in [6, 6.07) is 8.04. The zero-order valence-electron chi connectivity index (χ0n) is 14.3. The maximum atomic E-state index is 12.2. The number of likely N-dealkylation sites (N-methyl/N-ethyl adjacent to an activating group) is 1. The van der Waals surface area contributed by atoms with Gasteiger partial charge < -0.3 is 11.1 Å². The minimum Gasteiger partial charge on any atom is -0.355 e. The fourth-order valence-electron chi connectivity index (χ4n) is 3.31. The molecular weight excluding hydrogens is 302 g/mol. The quantitative estimate of drug-likeness (QED) is 0.866. The second-order valence-electron chi connectivity index (χ2n) is 6.42. The second-order valence-corrected chi connectivity index (χ2v) is 6.42. The van der Waals surface area contributed by atoms with E-state index >= 15 is 0 Å². The first kappa shape index (κ1) is 16.7. The van der Waals surface area contributed by atoms with Gasteiger partial charge in [0.15, 0.2) is 0 Å². The summed E-state index contributed by atoms with van der Waals surface area (Å²) < 4.78 is 1.89. The number of aromatic nitrogens is 2. The van der Waals surface area contributed by atoms with Crippen molar-refractivity contribution in [3.05, 3.63) is 47.8 Å². The highest BCUT2D eigenvalue weighted by atomic mass is 16.2. The molecular formula is C18H25N5O. The summed E-state index contributed by atoms with van der Waals surface area (Å²) >= 11 is 0. The summed E-state index contributed by atoms with van der Waals surface area (Å²) in [5.74, 6) is 0.0664. The molecule has 0 saturated carbocycles. The van der Waals surface area contributed by atoms with E-state index in [1.807, 2.05) is 36.1 Å².